The normalized spacial score (nSPS) is 16.3. The number of hydrogen-bond donors (Lipinski definition) is 3. The first-order chi connectivity index (χ1) is 10.3. The van der Waals surface area contributed by atoms with Crippen molar-refractivity contribution in [2.45, 2.75) is 56.5 Å². The van der Waals surface area contributed by atoms with E-state index in [2.05, 4.69) is 10.0 Å². The fraction of sp³-hybridized carbons (Fsp3) is 0.533. The van der Waals surface area contributed by atoms with Gasteiger partial charge < -0.3 is 10.4 Å². The largest absolute Gasteiger partial charge is 0.478 e. The summed E-state index contributed by atoms with van der Waals surface area (Å²) in [5.41, 5.74) is 0.452. The highest BCUT2D eigenvalue weighted by Gasteiger charge is 2.25. The van der Waals surface area contributed by atoms with Crippen molar-refractivity contribution in [1.29, 1.82) is 0 Å². The summed E-state index contributed by atoms with van der Waals surface area (Å²) in [7, 11) is -3.71. The highest BCUT2D eigenvalue weighted by Crippen LogP contribution is 2.28. The molecule has 0 radical (unpaired) electrons. The zero-order valence-corrected chi connectivity index (χ0v) is 13.6. The number of aromatic carboxylic acids is 1. The highest BCUT2D eigenvalue weighted by atomic mass is 32.2. The van der Waals surface area contributed by atoms with E-state index < -0.39 is 16.0 Å². The van der Waals surface area contributed by atoms with Gasteiger partial charge in [0, 0.05) is 17.8 Å². The summed E-state index contributed by atoms with van der Waals surface area (Å²) in [5, 5.41) is 12.4. The Bertz CT molecular complexity index is 654. The molecule has 2 rings (SSSR count). The number of carbonyl (C=O) groups is 1. The second-order valence-corrected chi connectivity index (χ2v) is 7.46. The SMILES string of the molecule is CCCC(C)NS(=O)(=O)c1ccc(NC2CC2)c(C(=O)O)c1. The van der Waals surface area contributed by atoms with Crippen molar-refractivity contribution in [3.05, 3.63) is 23.8 Å². The highest BCUT2D eigenvalue weighted by molar-refractivity contribution is 7.89. The molecule has 122 valence electrons. The van der Waals surface area contributed by atoms with Crippen LogP contribution in [0.2, 0.25) is 0 Å². The van der Waals surface area contributed by atoms with E-state index in [4.69, 9.17) is 0 Å². The lowest BCUT2D eigenvalue weighted by Gasteiger charge is -2.15. The average molecular weight is 326 g/mol. The van der Waals surface area contributed by atoms with E-state index in [1.54, 1.807) is 6.92 Å². The summed E-state index contributed by atoms with van der Waals surface area (Å²) in [4.78, 5) is 11.4. The van der Waals surface area contributed by atoms with Crippen LogP contribution in [0.15, 0.2) is 23.1 Å². The first-order valence-electron chi connectivity index (χ1n) is 7.49. The minimum absolute atomic E-state index is 0.0158. The molecule has 0 aromatic heterocycles. The molecule has 7 heteroatoms. The third kappa shape index (κ3) is 4.20. The molecule has 0 aliphatic heterocycles. The minimum atomic E-state index is -3.71. The molecule has 1 fully saturated rings. The summed E-state index contributed by atoms with van der Waals surface area (Å²) in [6.07, 6.45) is 3.62. The van der Waals surface area contributed by atoms with Crippen LogP contribution < -0.4 is 10.0 Å². The van der Waals surface area contributed by atoms with Crippen LogP contribution in [0.25, 0.3) is 0 Å². The monoisotopic (exact) mass is 326 g/mol. The number of carboxylic acids is 1. The third-order valence-corrected chi connectivity index (χ3v) is 5.13. The number of carboxylic acid groups (broad SMARTS) is 1. The lowest BCUT2D eigenvalue weighted by Crippen LogP contribution is -2.32. The van der Waals surface area contributed by atoms with Crippen LogP contribution in [0.3, 0.4) is 0 Å². The van der Waals surface area contributed by atoms with E-state index in [1.165, 1.54) is 18.2 Å². The lowest BCUT2D eigenvalue weighted by molar-refractivity contribution is 0.0697. The van der Waals surface area contributed by atoms with E-state index in [0.29, 0.717) is 11.7 Å². The Morgan fingerprint density at radius 2 is 2.09 bits per heavy atom. The Kier molecular flexibility index (Phi) is 5.08. The lowest BCUT2D eigenvalue weighted by atomic mass is 10.2. The van der Waals surface area contributed by atoms with E-state index in [9.17, 15) is 18.3 Å². The fourth-order valence-electron chi connectivity index (χ4n) is 2.27. The molecule has 1 aliphatic rings. The molecule has 1 aromatic rings. The maximum Gasteiger partial charge on any atom is 0.337 e. The molecule has 1 atom stereocenters. The van der Waals surface area contributed by atoms with Crippen LogP contribution in [0, 0.1) is 0 Å². The molecule has 0 amide bonds. The van der Waals surface area contributed by atoms with E-state index in [1.807, 2.05) is 6.92 Å². The Labute approximate surface area is 131 Å². The number of sulfonamides is 1. The second kappa shape index (κ2) is 6.66. The number of benzene rings is 1. The molecular formula is C15H22N2O4S. The maximum atomic E-state index is 12.3. The Morgan fingerprint density at radius 3 is 2.64 bits per heavy atom. The minimum Gasteiger partial charge on any atom is -0.478 e. The second-order valence-electron chi connectivity index (χ2n) is 5.74. The van der Waals surface area contributed by atoms with Gasteiger partial charge in [0.1, 0.15) is 0 Å². The van der Waals surface area contributed by atoms with Gasteiger partial charge in [-0.15, -0.1) is 0 Å². The predicted molar refractivity (Wildman–Crippen MR) is 84.7 cm³/mol. The van der Waals surface area contributed by atoms with Crippen molar-refractivity contribution in [3.63, 3.8) is 0 Å². The molecule has 22 heavy (non-hydrogen) atoms. The van der Waals surface area contributed by atoms with Crippen LogP contribution in [-0.2, 0) is 10.0 Å². The Balaban J connectivity index is 2.26. The number of rotatable bonds is 8. The van der Waals surface area contributed by atoms with Crippen LogP contribution in [-0.4, -0.2) is 31.6 Å². The third-order valence-electron chi connectivity index (χ3n) is 3.55. The van der Waals surface area contributed by atoms with Gasteiger partial charge in [-0.25, -0.2) is 17.9 Å². The van der Waals surface area contributed by atoms with E-state index >= 15 is 0 Å². The fourth-order valence-corrected chi connectivity index (χ4v) is 3.57. The molecule has 1 saturated carbocycles. The van der Waals surface area contributed by atoms with Gasteiger partial charge in [-0.2, -0.15) is 0 Å². The topological polar surface area (TPSA) is 95.5 Å². The van der Waals surface area contributed by atoms with Crippen LogP contribution in [0.5, 0.6) is 0 Å². The zero-order valence-electron chi connectivity index (χ0n) is 12.8. The Hall–Kier alpha value is -1.60. The van der Waals surface area contributed by atoms with Crippen molar-refractivity contribution in [1.82, 2.24) is 4.72 Å². The Morgan fingerprint density at radius 1 is 1.41 bits per heavy atom. The van der Waals surface area contributed by atoms with Crippen molar-refractivity contribution >= 4 is 21.7 Å². The quantitative estimate of drug-likeness (QED) is 0.682. The van der Waals surface area contributed by atoms with Crippen LogP contribution in [0.4, 0.5) is 5.69 Å². The van der Waals surface area contributed by atoms with Crippen LogP contribution >= 0.6 is 0 Å². The number of anilines is 1. The van der Waals surface area contributed by atoms with Crippen molar-refractivity contribution in [3.8, 4) is 0 Å². The molecule has 0 saturated heterocycles. The summed E-state index contributed by atoms with van der Waals surface area (Å²) in [6.45, 7) is 3.77. The van der Waals surface area contributed by atoms with Gasteiger partial charge in [-0.05, 0) is 44.4 Å². The first-order valence-corrected chi connectivity index (χ1v) is 8.98. The summed E-state index contributed by atoms with van der Waals surface area (Å²) in [5.74, 6) is -1.14. The van der Waals surface area contributed by atoms with E-state index in [0.717, 1.165) is 25.7 Å². The molecule has 0 spiro atoms. The van der Waals surface area contributed by atoms with Gasteiger partial charge >= 0.3 is 5.97 Å². The van der Waals surface area contributed by atoms with Gasteiger partial charge in [-0.3, -0.25) is 0 Å². The predicted octanol–water partition coefficient (Wildman–Crippen LogP) is 2.43. The molecule has 1 aromatic carbocycles. The maximum absolute atomic E-state index is 12.3. The average Bonchev–Trinajstić information content (AvgIpc) is 3.22. The first kappa shape index (κ1) is 16.8. The van der Waals surface area contributed by atoms with Gasteiger partial charge in [0.15, 0.2) is 0 Å². The molecule has 1 unspecified atom stereocenters. The molecular weight excluding hydrogens is 304 g/mol. The number of hydrogen-bond acceptors (Lipinski definition) is 4. The molecule has 0 bridgehead atoms. The summed E-state index contributed by atoms with van der Waals surface area (Å²) < 4.78 is 27.2. The van der Waals surface area contributed by atoms with Crippen molar-refractivity contribution in [2.75, 3.05) is 5.32 Å². The summed E-state index contributed by atoms with van der Waals surface area (Å²) >= 11 is 0. The molecule has 1 aliphatic carbocycles. The van der Waals surface area contributed by atoms with Gasteiger partial charge in [0.25, 0.3) is 0 Å². The molecule has 3 N–H and O–H groups in total. The van der Waals surface area contributed by atoms with Crippen LogP contribution in [0.1, 0.15) is 49.9 Å². The number of nitrogens with one attached hydrogen (secondary N) is 2. The molecule has 0 heterocycles. The van der Waals surface area contributed by atoms with E-state index in [-0.39, 0.29) is 16.5 Å². The van der Waals surface area contributed by atoms with Gasteiger partial charge in [-0.1, -0.05) is 13.3 Å². The summed E-state index contributed by atoms with van der Waals surface area (Å²) in [6, 6.07) is 4.29. The smallest absolute Gasteiger partial charge is 0.337 e. The standard InChI is InChI=1S/C15H22N2O4S/c1-3-4-10(2)17-22(20,21)12-7-8-14(16-11-5-6-11)13(9-12)15(18)19/h7-11,16-17H,3-6H2,1-2H3,(H,18,19). The van der Waals surface area contributed by atoms with Crippen molar-refractivity contribution < 1.29 is 18.3 Å². The van der Waals surface area contributed by atoms with Gasteiger partial charge in [0.05, 0.1) is 10.5 Å². The van der Waals surface area contributed by atoms with Gasteiger partial charge in [0.2, 0.25) is 10.0 Å². The molecule has 6 nitrogen and oxygen atoms in total. The zero-order chi connectivity index (χ0) is 16.3. The van der Waals surface area contributed by atoms with Crippen molar-refractivity contribution in [2.24, 2.45) is 0 Å².